The van der Waals surface area contributed by atoms with Gasteiger partial charge in [-0.15, -0.1) is 5.98 Å². The molecule has 0 saturated carbocycles. The summed E-state index contributed by atoms with van der Waals surface area (Å²) in [7, 11) is 0. The first kappa shape index (κ1) is 12.4. The monoisotopic (exact) mass is 212 g/mol. The van der Waals surface area contributed by atoms with E-state index in [2.05, 4.69) is 15.9 Å². The summed E-state index contributed by atoms with van der Waals surface area (Å²) in [6, 6.07) is 0. The van der Waals surface area contributed by atoms with E-state index < -0.39 is 6.98 Å². The maximum atomic E-state index is 11.0. The molecule has 8 heavy (non-hydrogen) atoms. The van der Waals surface area contributed by atoms with Crippen molar-refractivity contribution in [2.45, 2.75) is 0 Å². The van der Waals surface area contributed by atoms with Crippen LogP contribution in [0.2, 0.25) is 0 Å². The molecule has 42 valence electrons. The van der Waals surface area contributed by atoms with Gasteiger partial charge in [0.1, 0.15) is 0 Å². The van der Waals surface area contributed by atoms with Crippen molar-refractivity contribution < 1.29 is 64.3 Å². The number of hydrogen-bond acceptors (Lipinski definition) is 0. The minimum absolute atomic E-state index is 0. The van der Waals surface area contributed by atoms with Gasteiger partial charge in [-0.3, -0.25) is 0 Å². The van der Waals surface area contributed by atoms with Crippen molar-refractivity contribution in [3.8, 4) is 0 Å². The average Bonchev–Trinajstić information content (AvgIpc) is 1.30. The fraction of sp³-hybridized carbons (Fsp3) is 0. The molecule has 0 nitrogen and oxygen atoms in total. The Kier molecular flexibility index (Phi) is 8.51. The Labute approximate surface area is 96.5 Å². The van der Waals surface area contributed by atoms with Crippen molar-refractivity contribution in [3.05, 3.63) is 11.0 Å². The first-order chi connectivity index (χ1) is 3.06. The standard InChI is InChI=1S/C2H2BBrF3.K/c4-2-1-3(5,6)7;/h1-2H;/q-1;+1/b2-1+;. The molecule has 0 aromatic carbocycles. The van der Waals surface area contributed by atoms with Gasteiger partial charge in [-0.25, -0.2) is 0 Å². The zero-order chi connectivity index (χ0) is 5.91. The minimum Gasteiger partial charge on any atom is -0.445 e. The Bertz CT molecular complexity index is 79.8. The second-order valence-electron chi connectivity index (χ2n) is 0.944. The van der Waals surface area contributed by atoms with Crippen LogP contribution in [-0.2, 0) is 0 Å². The van der Waals surface area contributed by atoms with E-state index in [4.69, 9.17) is 0 Å². The van der Waals surface area contributed by atoms with E-state index in [1.54, 1.807) is 0 Å². The van der Waals surface area contributed by atoms with Crippen molar-refractivity contribution in [1.82, 2.24) is 0 Å². The third-order valence-corrected chi connectivity index (χ3v) is 0.596. The van der Waals surface area contributed by atoms with Crippen LogP contribution in [0.25, 0.3) is 0 Å². The topological polar surface area (TPSA) is 0 Å². The second-order valence-corrected chi connectivity index (χ2v) is 1.47. The maximum Gasteiger partial charge on any atom is 1.00 e. The molecule has 0 saturated heterocycles. The zero-order valence-corrected chi connectivity index (χ0v) is 8.95. The third kappa shape index (κ3) is 10.6. The molecular formula is C2H2BBrF3K. The first-order valence-corrected chi connectivity index (χ1v) is 2.46. The fourth-order valence-corrected chi connectivity index (χ4v) is 0.429. The van der Waals surface area contributed by atoms with Crippen molar-refractivity contribution in [2.24, 2.45) is 0 Å². The van der Waals surface area contributed by atoms with Crippen LogP contribution in [0.4, 0.5) is 12.9 Å². The summed E-state index contributed by atoms with van der Waals surface area (Å²) in [6.07, 6.45) is 0. The molecular weight excluding hydrogens is 211 g/mol. The third-order valence-electron chi connectivity index (χ3n) is 0.291. The summed E-state index contributed by atoms with van der Waals surface area (Å²) in [6.45, 7) is -4.72. The van der Waals surface area contributed by atoms with Crippen LogP contribution < -0.4 is 51.4 Å². The van der Waals surface area contributed by atoms with E-state index >= 15 is 0 Å². The summed E-state index contributed by atoms with van der Waals surface area (Å²) in [5.41, 5.74) is 0. The van der Waals surface area contributed by atoms with Gasteiger partial charge in [0.05, 0.1) is 0 Å². The normalized spacial score (nSPS) is 11.5. The molecule has 0 atom stereocenters. The first-order valence-electron chi connectivity index (χ1n) is 1.54. The summed E-state index contributed by atoms with van der Waals surface area (Å²) < 4.78 is 33.0. The minimum atomic E-state index is -4.72. The van der Waals surface area contributed by atoms with E-state index in [1.165, 1.54) is 0 Å². The van der Waals surface area contributed by atoms with Gasteiger partial charge in [0, 0.05) is 0 Å². The van der Waals surface area contributed by atoms with E-state index in [-0.39, 0.29) is 57.4 Å². The Balaban J connectivity index is 0. The molecule has 0 fully saturated rings. The average molecular weight is 213 g/mol. The van der Waals surface area contributed by atoms with Gasteiger partial charge in [0.15, 0.2) is 0 Å². The van der Waals surface area contributed by atoms with Crippen LogP contribution in [0, 0.1) is 0 Å². The quantitative estimate of drug-likeness (QED) is 0.504. The SMILES string of the molecule is F[B-](F)(F)/C=C/Br.[K+]. The van der Waals surface area contributed by atoms with Crippen molar-refractivity contribution in [2.75, 3.05) is 0 Å². The van der Waals surface area contributed by atoms with Crippen LogP contribution in [0.3, 0.4) is 0 Å². The Hall–Kier alpha value is 1.71. The van der Waals surface area contributed by atoms with Crippen LogP contribution in [0.15, 0.2) is 11.0 Å². The Morgan fingerprint density at radius 2 is 1.62 bits per heavy atom. The van der Waals surface area contributed by atoms with Gasteiger partial charge in [0.2, 0.25) is 0 Å². The van der Waals surface area contributed by atoms with Crippen molar-refractivity contribution >= 4 is 22.9 Å². The molecule has 0 aliphatic carbocycles. The van der Waals surface area contributed by atoms with E-state index in [0.29, 0.717) is 0 Å². The van der Waals surface area contributed by atoms with Gasteiger partial charge in [-0.05, 0) is 0 Å². The van der Waals surface area contributed by atoms with Crippen LogP contribution in [-0.4, -0.2) is 6.98 Å². The van der Waals surface area contributed by atoms with Gasteiger partial charge in [0.25, 0.3) is 0 Å². The summed E-state index contributed by atoms with van der Waals surface area (Å²) >= 11 is 2.50. The summed E-state index contributed by atoms with van der Waals surface area (Å²) in [5.74, 6) is 0.167. The van der Waals surface area contributed by atoms with Crippen LogP contribution >= 0.6 is 15.9 Å². The predicted octanol–water partition coefficient (Wildman–Crippen LogP) is -0.714. The predicted molar refractivity (Wildman–Crippen MR) is 27.1 cm³/mol. The maximum absolute atomic E-state index is 11.0. The molecule has 0 amide bonds. The van der Waals surface area contributed by atoms with E-state index in [0.717, 1.165) is 4.99 Å². The Morgan fingerprint density at radius 3 is 1.62 bits per heavy atom. The van der Waals surface area contributed by atoms with Gasteiger partial charge in [-0.2, -0.15) is 0 Å². The fourth-order valence-electron chi connectivity index (χ4n) is 0.0825. The zero-order valence-electron chi connectivity index (χ0n) is 4.24. The van der Waals surface area contributed by atoms with Gasteiger partial charge >= 0.3 is 58.4 Å². The molecule has 0 bridgehead atoms. The number of rotatable bonds is 1. The smallest absolute Gasteiger partial charge is 0.445 e. The molecule has 0 heterocycles. The second kappa shape index (κ2) is 5.49. The largest absolute Gasteiger partial charge is 1.00 e. The molecule has 0 aliphatic rings. The van der Waals surface area contributed by atoms with Gasteiger partial charge in [-0.1, -0.05) is 20.9 Å². The molecule has 0 aromatic heterocycles. The van der Waals surface area contributed by atoms with Crippen molar-refractivity contribution in [3.63, 3.8) is 0 Å². The summed E-state index contributed by atoms with van der Waals surface area (Å²) in [5, 5.41) is 0. The molecule has 0 rings (SSSR count). The summed E-state index contributed by atoms with van der Waals surface area (Å²) in [4.78, 5) is 0.799. The molecule has 0 spiro atoms. The van der Waals surface area contributed by atoms with E-state index in [1.807, 2.05) is 0 Å². The van der Waals surface area contributed by atoms with E-state index in [9.17, 15) is 12.9 Å². The molecule has 0 aromatic rings. The van der Waals surface area contributed by atoms with Crippen LogP contribution in [0.5, 0.6) is 0 Å². The molecule has 6 heteroatoms. The molecule has 0 radical (unpaired) electrons. The number of halogens is 4. The Morgan fingerprint density at radius 1 is 1.25 bits per heavy atom. The molecule has 0 N–H and O–H groups in total. The molecule has 0 aliphatic heterocycles. The van der Waals surface area contributed by atoms with Crippen molar-refractivity contribution in [1.29, 1.82) is 0 Å². The van der Waals surface area contributed by atoms with Gasteiger partial charge < -0.3 is 12.9 Å². The molecule has 0 unspecified atom stereocenters. The number of hydrogen-bond donors (Lipinski definition) is 0. The van der Waals surface area contributed by atoms with Crippen LogP contribution in [0.1, 0.15) is 0 Å².